The van der Waals surface area contributed by atoms with Crippen LogP contribution in [0.25, 0.3) is 0 Å². The van der Waals surface area contributed by atoms with Crippen LogP contribution in [0.15, 0.2) is 41.3 Å². The Morgan fingerprint density at radius 1 is 1.07 bits per heavy atom. The number of ether oxygens (including phenoxy) is 3. The van der Waals surface area contributed by atoms with Crippen LogP contribution in [0.2, 0.25) is 0 Å². The van der Waals surface area contributed by atoms with Crippen molar-refractivity contribution in [3.8, 4) is 11.5 Å². The molecule has 1 unspecified atom stereocenters. The van der Waals surface area contributed by atoms with Crippen LogP contribution in [0.3, 0.4) is 0 Å². The van der Waals surface area contributed by atoms with Crippen molar-refractivity contribution in [3.05, 3.63) is 47.5 Å². The lowest BCUT2D eigenvalue weighted by molar-refractivity contribution is 0.0906. The molecule has 1 N–H and O–H groups in total. The first-order valence-corrected chi connectivity index (χ1v) is 10.7. The maximum absolute atomic E-state index is 13.2. The molecule has 0 radical (unpaired) electrons. The summed E-state index contributed by atoms with van der Waals surface area (Å²) in [5.41, 5.74) is 1.24. The minimum absolute atomic E-state index is 0.115. The molecule has 0 aliphatic rings. The van der Waals surface area contributed by atoms with E-state index in [1.807, 2.05) is 6.92 Å². The van der Waals surface area contributed by atoms with Crippen LogP contribution in [0, 0.1) is 6.92 Å². The highest BCUT2D eigenvalue weighted by Gasteiger charge is 2.28. The zero-order valence-electron chi connectivity index (χ0n) is 18.1. The number of nitrogens with one attached hydrogen (secondary N) is 1. The van der Waals surface area contributed by atoms with Crippen LogP contribution >= 0.6 is 0 Å². The van der Waals surface area contributed by atoms with Crippen molar-refractivity contribution < 1.29 is 27.4 Å². The standard InChI is InChI=1S/C21H28N2O6S/c1-14-7-9-16(10-8-14)30(25,26)23(3)18-12-20(29-6)19(28-5)11-17(18)21(24)22-15(2)13-27-4/h7-12,15H,13H2,1-6H3,(H,22,24). The first-order valence-electron chi connectivity index (χ1n) is 9.27. The molecule has 164 valence electrons. The Bertz CT molecular complexity index is 989. The topological polar surface area (TPSA) is 94.2 Å². The molecule has 0 heterocycles. The molecular weight excluding hydrogens is 408 g/mol. The van der Waals surface area contributed by atoms with Gasteiger partial charge in [-0.05, 0) is 32.0 Å². The van der Waals surface area contributed by atoms with E-state index in [-0.39, 0.29) is 22.2 Å². The molecule has 9 heteroatoms. The number of hydrogen-bond donors (Lipinski definition) is 1. The van der Waals surface area contributed by atoms with Gasteiger partial charge in [0.1, 0.15) is 0 Å². The van der Waals surface area contributed by atoms with E-state index < -0.39 is 15.9 Å². The summed E-state index contributed by atoms with van der Waals surface area (Å²) in [5, 5.41) is 2.80. The summed E-state index contributed by atoms with van der Waals surface area (Å²) < 4.78 is 43.1. The molecule has 2 rings (SSSR count). The average molecular weight is 437 g/mol. The molecule has 0 aliphatic carbocycles. The summed E-state index contributed by atoms with van der Waals surface area (Å²) in [7, 11) is 1.90. The van der Waals surface area contributed by atoms with Gasteiger partial charge in [-0.15, -0.1) is 0 Å². The summed E-state index contributed by atoms with van der Waals surface area (Å²) in [6, 6.07) is 9.16. The van der Waals surface area contributed by atoms with Crippen molar-refractivity contribution >= 4 is 21.6 Å². The maximum Gasteiger partial charge on any atom is 0.264 e. The summed E-state index contributed by atoms with van der Waals surface area (Å²) in [4.78, 5) is 13.1. The number of carbonyl (C=O) groups is 1. The van der Waals surface area contributed by atoms with Gasteiger partial charge in [0, 0.05) is 26.3 Å². The molecule has 1 amide bonds. The van der Waals surface area contributed by atoms with Gasteiger partial charge in [-0.3, -0.25) is 9.10 Å². The van der Waals surface area contributed by atoms with Gasteiger partial charge >= 0.3 is 0 Å². The van der Waals surface area contributed by atoms with Crippen molar-refractivity contribution in [2.75, 3.05) is 39.3 Å². The number of aryl methyl sites for hydroxylation is 1. The Labute approximate surface area is 177 Å². The summed E-state index contributed by atoms with van der Waals surface area (Å²) in [6.45, 7) is 3.97. The van der Waals surface area contributed by atoms with Gasteiger partial charge in [-0.2, -0.15) is 0 Å². The molecule has 2 aromatic rings. The highest BCUT2D eigenvalue weighted by Crippen LogP contribution is 2.36. The van der Waals surface area contributed by atoms with Gasteiger partial charge in [0.25, 0.3) is 15.9 Å². The van der Waals surface area contributed by atoms with E-state index in [9.17, 15) is 13.2 Å². The number of rotatable bonds is 9. The van der Waals surface area contributed by atoms with Crippen molar-refractivity contribution in [2.45, 2.75) is 24.8 Å². The molecule has 1 atom stereocenters. The van der Waals surface area contributed by atoms with E-state index in [1.54, 1.807) is 19.1 Å². The van der Waals surface area contributed by atoms with Crippen molar-refractivity contribution in [2.24, 2.45) is 0 Å². The van der Waals surface area contributed by atoms with E-state index in [0.29, 0.717) is 18.1 Å². The SMILES string of the molecule is COCC(C)NC(=O)c1cc(OC)c(OC)cc1N(C)S(=O)(=O)c1ccc(C)cc1. The monoisotopic (exact) mass is 436 g/mol. The smallest absolute Gasteiger partial charge is 0.264 e. The highest BCUT2D eigenvalue weighted by molar-refractivity contribution is 7.92. The Morgan fingerprint density at radius 3 is 2.17 bits per heavy atom. The van der Waals surface area contributed by atoms with Gasteiger partial charge in [0.15, 0.2) is 11.5 Å². The second-order valence-electron chi connectivity index (χ2n) is 6.84. The van der Waals surface area contributed by atoms with Crippen LogP contribution in [-0.4, -0.2) is 55.4 Å². The number of amides is 1. The Hall–Kier alpha value is -2.78. The molecule has 0 fully saturated rings. The number of carbonyl (C=O) groups excluding carboxylic acids is 1. The summed E-state index contributed by atoms with van der Waals surface area (Å²) in [5.74, 6) is 0.160. The quantitative estimate of drug-likeness (QED) is 0.649. The first-order chi connectivity index (χ1) is 14.1. The molecule has 0 spiro atoms. The molecular formula is C21H28N2O6S. The third-order valence-electron chi connectivity index (χ3n) is 4.56. The molecule has 0 aromatic heterocycles. The number of benzene rings is 2. The van der Waals surface area contributed by atoms with Crippen LogP contribution in [0.4, 0.5) is 5.69 Å². The largest absolute Gasteiger partial charge is 0.493 e. The van der Waals surface area contributed by atoms with Crippen molar-refractivity contribution in [1.29, 1.82) is 0 Å². The predicted octanol–water partition coefficient (Wildman–Crippen LogP) is 2.60. The molecule has 0 bridgehead atoms. The van der Waals surface area contributed by atoms with Crippen LogP contribution in [0.1, 0.15) is 22.8 Å². The van der Waals surface area contributed by atoms with Crippen LogP contribution < -0.4 is 19.1 Å². The van der Waals surface area contributed by atoms with E-state index in [4.69, 9.17) is 14.2 Å². The number of sulfonamides is 1. The van der Waals surface area contributed by atoms with Crippen LogP contribution in [-0.2, 0) is 14.8 Å². The fraction of sp³-hybridized carbons (Fsp3) is 0.381. The molecule has 0 aliphatic heterocycles. The Kier molecular flexibility index (Phi) is 7.69. The van der Waals surface area contributed by atoms with E-state index in [0.717, 1.165) is 9.87 Å². The number of methoxy groups -OCH3 is 3. The first kappa shape index (κ1) is 23.5. The van der Waals surface area contributed by atoms with Gasteiger partial charge < -0.3 is 19.5 Å². The molecule has 2 aromatic carbocycles. The summed E-state index contributed by atoms with van der Waals surface area (Å²) in [6.07, 6.45) is 0. The van der Waals surface area contributed by atoms with Gasteiger partial charge in [0.05, 0.1) is 37.0 Å². The molecule has 8 nitrogen and oxygen atoms in total. The van der Waals surface area contributed by atoms with E-state index >= 15 is 0 Å². The maximum atomic E-state index is 13.2. The normalized spacial score (nSPS) is 12.2. The van der Waals surface area contributed by atoms with E-state index in [2.05, 4.69) is 5.32 Å². The summed E-state index contributed by atoms with van der Waals surface area (Å²) >= 11 is 0. The Morgan fingerprint density at radius 2 is 1.63 bits per heavy atom. The van der Waals surface area contributed by atoms with Gasteiger partial charge in [-0.1, -0.05) is 17.7 Å². The Balaban J connectivity index is 2.58. The van der Waals surface area contributed by atoms with Crippen molar-refractivity contribution in [3.63, 3.8) is 0 Å². The fourth-order valence-electron chi connectivity index (χ4n) is 2.90. The number of anilines is 1. The zero-order valence-corrected chi connectivity index (χ0v) is 18.9. The predicted molar refractivity (Wildman–Crippen MR) is 115 cm³/mol. The lowest BCUT2D eigenvalue weighted by atomic mass is 10.1. The third kappa shape index (κ3) is 5.03. The zero-order chi connectivity index (χ0) is 22.5. The third-order valence-corrected chi connectivity index (χ3v) is 6.34. The average Bonchev–Trinajstić information content (AvgIpc) is 2.72. The van der Waals surface area contributed by atoms with E-state index in [1.165, 1.54) is 52.6 Å². The lowest BCUT2D eigenvalue weighted by Gasteiger charge is -2.24. The second kappa shape index (κ2) is 9.82. The van der Waals surface area contributed by atoms with Gasteiger partial charge in [0.2, 0.25) is 0 Å². The molecule has 30 heavy (non-hydrogen) atoms. The fourth-order valence-corrected chi connectivity index (χ4v) is 4.11. The van der Waals surface area contributed by atoms with Crippen LogP contribution in [0.5, 0.6) is 11.5 Å². The number of nitrogens with zero attached hydrogens (tertiary/aromatic N) is 1. The number of hydrogen-bond acceptors (Lipinski definition) is 6. The highest BCUT2D eigenvalue weighted by atomic mass is 32.2. The second-order valence-corrected chi connectivity index (χ2v) is 8.81. The van der Waals surface area contributed by atoms with Crippen molar-refractivity contribution in [1.82, 2.24) is 5.32 Å². The minimum Gasteiger partial charge on any atom is -0.493 e. The molecule has 0 saturated carbocycles. The molecule has 0 saturated heterocycles. The lowest BCUT2D eigenvalue weighted by Crippen LogP contribution is -2.37. The van der Waals surface area contributed by atoms with Gasteiger partial charge in [-0.25, -0.2) is 8.42 Å². The minimum atomic E-state index is -3.92.